The Morgan fingerprint density at radius 2 is 1.89 bits per heavy atom. The number of alkyl halides is 3. The molecule has 0 unspecified atom stereocenters. The molecule has 1 aliphatic heterocycles. The van der Waals surface area contributed by atoms with E-state index in [9.17, 15) is 27.2 Å². The molecular weight excluding hydrogens is 466 g/mol. The van der Waals surface area contributed by atoms with Crippen molar-refractivity contribution in [1.82, 2.24) is 19.9 Å². The largest absolute Gasteiger partial charge is 0.417 e. The maximum absolute atomic E-state index is 14.8. The summed E-state index contributed by atoms with van der Waals surface area (Å²) in [6.07, 6.45) is -3.39. The highest BCUT2D eigenvalue weighted by molar-refractivity contribution is 6.10. The summed E-state index contributed by atoms with van der Waals surface area (Å²) >= 11 is 0. The van der Waals surface area contributed by atoms with Gasteiger partial charge in [-0.3, -0.25) is 9.59 Å². The lowest BCUT2D eigenvalue weighted by molar-refractivity contribution is -0.138. The molecule has 0 bridgehead atoms. The molecule has 35 heavy (non-hydrogen) atoms. The van der Waals surface area contributed by atoms with Crippen molar-refractivity contribution in [3.8, 4) is 11.5 Å². The zero-order valence-electron chi connectivity index (χ0n) is 18.4. The van der Waals surface area contributed by atoms with Gasteiger partial charge >= 0.3 is 6.18 Å². The molecule has 0 spiro atoms. The average Bonchev–Trinajstić information content (AvgIpc) is 3.47. The lowest BCUT2D eigenvalue weighted by Gasteiger charge is -2.33. The lowest BCUT2D eigenvalue weighted by atomic mass is 9.99. The van der Waals surface area contributed by atoms with Crippen molar-refractivity contribution < 1.29 is 27.2 Å². The zero-order chi connectivity index (χ0) is 24.9. The first-order valence-electron chi connectivity index (χ1n) is 10.7. The number of carbonyl (C=O) groups excluding carboxylic acids is 2. The van der Waals surface area contributed by atoms with Gasteiger partial charge in [0.1, 0.15) is 5.52 Å². The van der Waals surface area contributed by atoms with Crippen LogP contribution in [-0.4, -0.2) is 58.2 Å². The molecule has 180 valence electrons. The second kappa shape index (κ2) is 8.26. The van der Waals surface area contributed by atoms with Crippen LogP contribution in [0.5, 0.6) is 0 Å². The molecule has 7 nitrogen and oxygen atoms in total. The number of amides is 1. The smallest absolute Gasteiger partial charge is 0.360 e. The highest BCUT2D eigenvalue weighted by Crippen LogP contribution is 2.33. The van der Waals surface area contributed by atoms with Crippen molar-refractivity contribution in [2.75, 3.05) is 31.6 Å². The Bertz CT molecular complexity index is 1460. The fraction of sp³-hybridized carbons (Fsp3) is 0.208. The Labute approximate surface area is 196 Å². The van der Waals surface area contributed by atoms with E-state index < -0.39 is 28.9 Å². The summed E-state index contributed by atoms with van der Waals surface area (Å²) in [6.45, 7) is 1.20. The quantitative estimate of drug-likeness (QED) is 0.335. The number of rotatable bonds is 4. The van der Waals surface area contributed by atoms with E-state index >= 15 is 0 Å². The third kappa shape index (κ3) is 4.13. The van der Waals surface area contributed by atoms with Crippen LogP contribution >= 0.6 is 0 Å². The molecule has 2 aromatic carbocycles. The van der Waals surface area contributed by atoms with E-state index in [4.69, 9.17) is 0 Å². The maximum Gasteiger partial charge on any atom is 0.417 e. The molecule has 2 N–H and O–H groups in total. The number of aromatic nitrogens is 3. The van der Waals surface area contributed by atoms with Crippen LogP contribution in [0.4, 0.5) is 23.2 Å². The molecular formula is C24H19F4N5O2. The normalized spacial score (nSPS) is 14.7. The number of hydrogen-bond donors (Lipinski definition) is 2. The molecule has 11 heteroatoms. The Hall–Kier alpha value is -4.15. The van der Waals surface area contributed by atoms with Gasteiger partial charge in [-0.1, -0.05) is 18.2 Å². The van der Waals surface area contributed by atoms with Crippen molar-refractivity contribution >= 4 is 28.4 Å². The van der Waals surface area contributed by atoms with E-state index in [1.807, 2.05) is 0 Å². The third-order valence-electron chi connectivity index (χ3n) is 6.02. The summed E-state index contributed by atoms with van der Waals surface area (Å²) in [7, 11) is 1.71. The van der Waals surface area contributed by atoms with Crippen LogP contribution in [0.1, 0.15) is 21.5 Å². The summed E-state index contributed by atoms with van der Waals surface area (Å²) in [5, 5.41) is 0. The fourth-order valence-electron chi connectivity index (χ4n) is 4.10. The standard InChI is InChI=1S/C24H19F4N5O2/c1-32-6-7-33(12-20(32)34)14-9-17(25)21-18(10-14)30-23(31-21)19-8-13(11-29-19)22(35)15-4-2-3-5-16(15)24(26,27)28/h2-5,8-11,29H,6-7,12H2,1H3,(H,30,31). The molecule has 3 heterocycles. The van der Waals surface area contributed by atoms with E-state index in [1.165, 1.54) is 30.5 Å². The van der Waals surface area contributed by atoms with Crippen LogP contribution < -0.4 is 4.90 Å². The minimum Gasteiger partial charge on any atom is -0.360 e. The summed E-state index contributed by atoms with van der Waals surface area (Å²) < 4.78 is 54.8. The van der Waals surface area contributed by atoms with Crippen molar-refractivity contribution in [3.63, 3.8) is 0 Å². The van der Waals surface area contributed by atoms with Gasteiger partial charge in [-0.05, 0) is 24.3 Å². The number of fused-ring (bicyclic) bond motifs is 1. The van der Waals surface area contributed by atoms with Gasteiger partial charge < -0.3 is 19.8 Å². The van der Waals surface area contributed by atoms with Gasteiger partial charge in [0, 0.05) is 43.1 Å². The highest BCUT2D eigenvalue weighted by atomic mass is 19.4. The number of benzene rings is 2. The zero-order valence-corrected chi connectivity index (χ0v) is 18.4. The van der Waals surface area contributed by atoms with Crippen molar-refractivity contribution in [2.24, 2.45) is 0 Å². The number of nitrogens with zero attached hydrogens (tertiary/aromatic N) is 3. The highest BCUT2D eigenvalue weighted by Gasteiger charge is 2.35. The van der Waals surface area contributed by atoms with Gasteiger partial charge in [0.05, 0.1) is 23.3 Å². The summed E-state index contributed by atoms with van der Waals surface area (Å²) in [5.41, 5.74) is -0.196. The fourth-order valence-corrected chi connectivity index (χ4v) is 4.10. The average molecular weight is 485 g/mol. The summed E-state index contributed by atoms with van der Waals surface area (Å²) in [5.74, 6) is -1.25. The number of carbonyl (C=O) groups is 2. The second-order valence-corrected chi connectivity index (χ2v) is 8.32. The predicted octanol–water partition coefficient (Wildman–Crippen LogP) is 4.23. The van der Waals surface area contributed by atoms with Crippen molar-refractivity contribution in [2.45, 2.75) is 6.18 Å². The van der Waals surface area contributed by atoms with Gasteiger partial charge in [0.25, 0.3) is 0 Å². The van der Waals surface area contributed by atoms with Crippen LogP contribution in [0.3, 0.4) is 0 Å². The summed E-state index contributed by atoms with van der Waals surface area (Å²) in [6, 6.07) is 8.92. The first-order chi connectivity index (χ1) is 16.6. The Morgan fingerprint density at radius 3 is 2.63 bits per heavy atom. The Balaban J connectivity index is 1.46. The molecule has 0 saturated carbocycles. The molecule has 1 amide bonds. The molecule has 1 saturated heterocycles. The number of halogens is 4. The van der Waals surface area contributed by atoms with E-state index in [0.29, 0.717) is 30.0 Å². The Morgan fingerprint density at radius 1 is 1.11 bits per heavy atom. The monoisotopic (exact) mass is 485 g/mol. The van der Waals surface area contributed by atoms with Crippen molar-refractivity contribution in [3.05, 3.63) is 71.2 Å². The molecule has 0 aliphatic carbocycles. The molecule has 2 aromatic heterocycles. The molecule has 0 radical (unpaired) electrons. The minimum absolute atomic E-state index is 0.00858. The van der Waals surface area contributed by atoms with Gasteiger partial charge in [0.2, 0.25) is 5.91 Å². The van der Waals surface area contributed by atoms with Crippen LogP contribution in [0.25, 0.3) is 22.6 Å². The second-order valence-electron chi connectivity index (χ2n) is 8.32. The van der Waals surface area contributed by atoms with E-state index in [2.05, 4.69) is 15.0 Å². The van der Waals surface area contributed by atoms with Crippen LogP contribution in [0.2, 0.25) is 0 Å². The molecule has 1 aliphatic rings. The predicted molar refractivity (Wildman–Crippen MR) is 121 cm³/mol. The van der Waals surface area contributed by atoms with Crippen molar-refractivity contribution in [1.29, 1.82) is 0 Å². The van der Waals surface area contributed by atoms with Crippen LogP contribution in [-0.2, 0) is 11.0 Å². The van der Waals surface area contributed by atoms with E-state index in [-0.39, 0.29) is 29.4 Å². The molecule has 4 aromatic rings. The maximum atomic E-state index is 14.8. The number of nitrogens with one attached hydrogen (secondary N) is 2. The van der Waals surface area contributed by atoms with Gasteiger partial charge in [-0.2, -0.15) is 13.2 Å². The topological polar surface area (TPSA) is 85.1 Å². The number of imidazole rings is 1. The number of piperazine rings is 1. The number of anilines is 1. The van der Waals surface area contributed by atoms with Crippen LogP contribution in [0.15, 0.2) is 48.7 Å². The molecule has 5 rings (SSSR count). The van der Waals surface area contributed by atoms with Gasteiger partial charge in [0.15, 0.2) is 17.4 Å². The SMILES string of the molecule is CN1CCN(c2cc(F)c3nc(-c4cc(C(=O)c5ccccc5C(F)(F)F)c[nH]4)[nH]c3c2)CC1=O. The number of H-pyrrole nitrogens is 2. The number of likely N-dealkylation sites (N-methyl/N-ethyl adjacent to an activating group) is 1. The summed E-state index contributed by atoms with van der Waals surface area (Å²) in [4.78, 5) is 38.3. The van der Waals surface area contributed by atoms with Gasteiger partial charge in [-0.25, -0.2) is 9.37 Å². The van der Waals surface area contributed by atoms with E-state index in [1.54, 1.807) is 22.9 Å². The first kappa shape index (κ1) is 22.6. The minimum atomic E-state index is -4.67. The molecule has 1 fully saturated rings. The number of aromatic amines is 2. The lowest BCUT2D eigenvalue weighted by Crippen LogP contribution is -2.48. The first-order valence-corrected chi connectivity index (χ1v) is 10.7. The van der Waals surface area contributed by atoms with E-state index in [0.717, 1.165) is 12.1 Å². The molecule has 0 atom stereocenters. The number of ketones is 1. The van der Waals surface area contributed by atoms with Gasteiger partial charge in [-0.15, -0.1) is 0 Å². The number of hydrogen-bond acceptors (Lipinski definition) is 4. The Kier molecular flexibility index (Phi) is 5.34. The third-order valence-corrected chi connectivity index (χ3v) is 6.02. The van der Waals surface area contributed by atoms with Crippen LogP contribution in [0, 0.1) is 5.82 Å².